The molecular formula is C17H20BrN. The van der Waals surface area contributed by atoms with Gasteiger partial charge in [0.25, 0.3) is 0 Å². The highest BCUT2D eigenvalue weighted by Crippen LogP contribution is 2.24. The minimum Gasteiger partial charge on any atom is -0.380 e. The summed E-state index contributed by atoms with van der Waals surface area (Å²) < 4.78 is 1.17. The van der Waals surface area contributed by atoms with Gasteiger partial charge < -0.3 is 5.32 Å². The molecule has 0 aliphatic heterocycles. The molecule has 2 rings (SSSR count). The molecule has 2 heteroatoms. The molecule has 19 heavy (non-hydrogen) atoms. The highest BCUT2D eigenvalue weighted by molar-refractivity contribution is 9.10. The molecule has 0 aromatic heterocycles. The number of halogens is 1. The Hall–Kier alpha value is -1.28. The van der Waals surface area contributed by atoms with Gasteiger partial charge in [-0.25, -0.2) is 0 Å². The van der Waals surface area contributed by atoms with Crippen LogP contribution in [0.1, 0.15) is 27.8 Å². The van der Waals surface area contributed by atoms with Gasteiger partial charge in [-0.15, -0.1) is 0 Å². The topological polar surface area (TPSA) is 12.0 Å². The van der Waals surface area contributed by atoms with Crippen molar-refractivity contribution in [3.8, 4) is 0 Å². The Morgan fingerprint density at radius 1 is 0.895 bits per heavy atom. The largest absolute Gasteiger partial charge is 0.380 e. The Bertz CT molecular complexity index is 579. The maximum Gasteiger partial charge on any atom is 0.0412 e. The third kappa shape index (κ3) is 3.38. The van der Waals surface area contributed by atoms with Crippen LogP contribution in [0.5, 0.6) is 0 Å². The van der Waals surface area contributed by atoms with Gasteiger partial charge in [0, 0.05) is 16.7 Å². The van der Waals surface area contributed by atoms with Gasteiger partial charge in [-0.05, 0) is 56.0 Å². The number of hydrogen-bond donors (Lipinski definition) is 1. The van der Waals surface area contributed by atoms with Crippen LogP contribution in [0.2, 0.25) is 0 Å². The Morgan fingerprint density at radius 2 is 1.53 bits per heavy atom. The first-order valence-electron chi connectivity index (χ1n) is 6.54. The lowest BCUT2D eigenvalue weighted by Crippen LogP contribution is -2.04. The predicted molar refractivity (Wildman–Crippen MR) is 86.9 cm³/mol. The van der Waals surface area contributed by atoms with E-state index in [1.54, 1.807) is 0 Å². The quantitative estimate of drug-likeness (QED) is 0.810. The molecule has 0 aliphatic carbocycles. The molecule has 0 bridgehead atoms. The fourth-order valence-corrected chi connectivity index (χ4v) is 3.07. The molecular weight excluding hydrogens is 298 g/mol. The minimum absolute atomic E-state index is 0.839. The lowest BCUT2D eigenvalue weighted by molar-refractivity contribution is 1.11. The second kappa shape index (κ2) is 5.79. The third-order valence-electron chi connectivity index (χ3n) is 3.34. The van der Waals surface area contributed by atoms with Gasteiger partial charge in [0.1, 0.15) is 0 Å². The summed E-state index contributed by atoms with van der Waals surface area (Å²) in [6.07, 6.45) is 0. The van der Waals surface area contributed by atoms with Crippen molar-refractivity contribution < 1.29 is 0 Å². The zero-order valence-electron chi connectivity index (χ0n) is 12.0. The summed E-state index contributed by atoms with van der Waals surface area (Å²) in [5, 5.41) is 3.56. The molecule has 0 fully saturated rings. The molecule has 0 saturated heterocycles. The zero-order valence-corrected chi connectivity index (χ0v) is 13.6. The molecule has 0 unspecified atom stereocenters. The Labute approximate surface area is 124 Å². The molecule has 2 aromatic rings. The van der Waals surface area contributed by atoms with Crippen LogP contribution in [-0.4, -0.2) is 0 Å². The van der Waals surface area contributed by atoms with E-state index in [0.717, 1.165) is 6.54 Å². The lowest BCUT2D eigenvalue weighted by Gasteiger charge is -2.15. The van der Waals surface area contributed by atoms with Gasteiger partial charge in [0.15, 0.2) is 0 Å². The van der Waals surface area contributed by atoms with Crippen molar-refractivity contribution in [1.82, 2.24) is 0 Å². The molecule has 1 N–H and O–H groups in total. The fraction of sp³-hybridized carbons (Fsp3) is 0.294. The van der Waals surface area contributed by atoms with Crippen molar-refractivity contribution in [2.24, 2.45) is 0 Å². The van der Waals surface area contributed by atoms with Crippen LogP contribution in [0.15, 0.2) is 34.8 Å². The maximum absolute atomic E-state index is 3.63. The smallest absolute Gasteiger partial charge is 0.0412 e. The van der Waals surface area contributed by atoms with Crippen molar-refractivity contribution in [2.75, 3.05) is 5.32 Å². The first kappa shape index (κ1) is 14.1. The predicted octanol–water partition coefficient (Wildman–Crippen LogP) is 5.29. The van der Waals surface area contributed by atoms with E-state index >= 15 is 0 Å². The molecule has 0 heterocycles. The number of nitrogens with one attached hydrogen (secondary N) is 1. The summed E-state index contributed by atoms with van der Waals surface area (Å²) >= 11 is 3.63. The standard InChI is InChI=1S/C17H20BrN/c1-11-5-6-15(16(18)9-11)10-19-17-13(3)7-12(2)8-14(17)4/h5-9,19H,10H2,1-4H3. The van der Waals surface area contributed by atoms with Crippen molar-refractivity contribution in [3.63, 3.8) is 0 Å². The molecule has 0 amide bonds. The molecule has 0 spiro atoms. The van der Waals surface area contributed by atoms with Crippen LogP contribution in [0.25, 0.3) is 0 Å². The summed E-state index contributed by atoms with van der Waals surface area (Å²) in [7, 11) is 0. The summed E-state index contributed by atoms with van der Waals surface area (Å²) in [5.74, 6) is 0. The van der Waals surface area contributed by atoms with E-state index in [9.17, 15) is 0 Å². The average molecular weight is 318 g/mol. The van der Waals surface area contributed by atoms with E-state index in [1.807, 2.05) is 0 Å². The summed E-state index contributed by atoms with van der Waals surface area (Å²) in [6.45, 7) is 9.40. The number of benzene rings is 2. The van der Waals surface area contributed by atoms with Crippen LogP contribution in [0, 0.1) is 27.7 Å². The maximum atomic E-state index is 3.63. The molecule has 0 radical (unpaired) electrons. The van der Waals surface area contributed by atoms with E-state index in [1.165, 1.54) is 38.0 Å². The van der Waals surface area contributed by atoms with Gasteiger partial charge in [-0.2, -0.15) is 0 Å². The van der Waals surface area contributed by atoms with E-state index in [-0.39, 0.29) is 0 Å². The van der Waals surface area contributed by atoms with Gasteiger partial charge in [0.05, 0.1) is 0 Å². The summed E-state index contributed by atoms with van der Waals surface area (Å²) in [6, 6.07) is 10.9. The fourth-order valence-electron chi connectivity index (χ4n) is 2.44. The number of anilines is 1. The van der Waals surface area contributed by atoms with Crippen LogP contribution in [-0.2, 0) is 6.54 Å². The van der Waals surface area contributed by atoms with Crippen LogP contribution >= 0.6 is 15.9 Å². The molecule has 0 aliphatic rings. The number of rotatable bonds is 3. The van der Waals surface area contributed by atoms with Crippen LogP contribution in [0.3, 0.4) is 0 Å². The highest BCUT2D eigenvalue weighted by atomic mass is 79.9. The van der Waals surface area contributed by atoms with Crippen LogP contribution in [0.4, 0.5) is 5.69 Å². The van der Waals surface area contributed by atoms with E-state index in [2.05, 4.69) is 79.3 Å². The van der Waals surface area contributed by atoms with Gasteiger partial charge in [-0.3, -0.25) is 0 Å². The van der Waals surface area contributed by atoms with Crippen molar-refractivity contribution in [2.45, 2.75) is 34.2 Å². The third-order valence-corrected chi connectivity index (χ3v) is 4.08. The number of aryl methyl sites for hydroxylation is 4. The summed E-state index contributed by atoms with van der Waals surface area (Å²) in [5.41, 5.74) is 7.74. The molecule has 1 nitrogen and oxygen atoms in total. The van der Waals surface area contributed by atoms with Crippen molar-refractivity contribution in [1.29, 1.82) is 0 Å². The Kier molecular flexibility index (Phi) is 4.31. The lowest BCUT2D eigenvalue weighted by atomic mass is 10.0. The van der Waals surface area contributed by atoms with E-state index < -0.39 is 0 Å². The highest BCUT2D eigenvalue weighted by Gasteiger charge is 2.05. The van der Waals surface area contributed by atoms with Crippen molar-refractivity contribution in [3.05, 3.63) is 62.6 Å². The van der Waals surface area contributed by atoms with Crippen LogP contribution < -0.4 is 5.32 Å². The second-order valence-electron chi connectivity index (χ2n) is 5.22. The van der Waals surface area contributed by atoms with E-state index in [4.69, 9.17) is 0 Å². The number of hydrogen-bond acceptors (Lipinski definition) is 1. The van der Waals surface area contributed by atoms with E-state index in [0.29, 0.717) is 0 Å². The average Bonchev–Trinajstić information content (AvgIpc) is 2.30. The normalized spacial score (nSPS) is 10.6. The molecule has 0 saturated carbocycles. The second-order valence-corrected chi connectivity index (χ2v) is 6.08. The zero-order chi connectivity index (χ0) is 14.0. The molecule has 0 atom stereocenters. The Balaban J connectivity index is 2.19. The van der Waals surface area contributed by atoms with Gasteiger partial charge in [0.2, 0.25) is 0 Å². The molecule has 100 valence electrons. The molecule has 2 aromatic carbocycles. The van der Waals surface area contributed by atoms with Gasteiger partial charge >= 0.3 is 0 Å². The first-order valence-corrected chi connectivity index (χ1v) is 7.33. The van der Waals surface area contributed by atoms with Crippen molar-refractivity contribution >= 4 is 21.6 Å². The SMILES string of the molecule is Cc1cc(C)c(NCc2ccc(C)cc2Br)c(C)c1. The minimum atomic E-state index is 0.839. The van der Waals surface area contributed by atoms with Gasteiger partial charge in [-0.1, -0.05) is 45.8 Å². The monoisotopic (exact) mass is 317 g/mol. The summed E-state index contributed by atoms with van der Waals surface area (Å²) in [4.78, 5) is 0. The first-order chi connectivity index (χ1) is 8.97. The Morgan fingerprint density at radius 3 is 2.11 bits per heavy atom.